The maximum atomic E-state index is 5.58. The van der Waals surface area contributed by atoms with Crippen molar-refractivity contribution in [2.24, 2.45) is 5.92 Å². The van der Waals surface area contributed by atoms with Crippen molar-refractivity contribution in [3.8, 4) is 11.5 Å². The third-order valence-corrected chi connectivity index (χ3v) is 2.09. The summed E-state index contributed by atoms with van der Waals surface area (Å²) >= 11 is 0. The predicted octanol–water partition coefficient (Wildman–Crippen LogP) is 1.91. The van der Waals surface area contributed by atoms with Crippen LogP contribution in [0.25, 0.3) is 11.5 Å². The maximum absolute atomic E-state index is 5.58. The fraction of sp³-hybridized carbons (Fsp3) is 0.364. The maximum Gasteiger partial charge on any atom is 0.258 e. The van der Waals surface area contributed by atoms with E-state index in [0.717, 1.165) is 17.8 Å². The largest absolute Gasteiger partial charge is 0.384 e. The Morgan fingerprint density at radius 1 is 1.44 bits per heavy atom. The predicted molar refractivity (Wildman–Crippen MR) is 60.5 cm³/mol. The summed E-state index contributed by atoms with van der Waals surface area (Å²) in [6.07, 6.45) is 2.43. The molecule has 0 radical (unpaired) electrons. The minimum absolute atomic E-state index is 0.445. The lowest BCUT2D eigenvalue weighted by Crippen LogP contribution is -1.96. The second kappa shape index (κ2) is 4.30. The molecule has 5 nitrogen and oxygen atoms in total. The number of pyridine rings is 1. The molecule has 2 aromatic heterocycles. The number of nitrogens with two attached hydrogens (primary N) is 1. The number of anilines is 1. The first-order valence-electron chi connectivity index (χ1n) is 5.19. The van der Waals surface area contributed by atoms with Gasteiger partial charge < -0.3 is 10.3 Å². The SMILES string of the molecule is CC(C)Cc1noc(-c2ccnc(N)c2)n1. The van der Waals surface area contributed by atoms with Crippen LogP contribution in [0.4, 0.5) is 5.82 Å². The summed E-state index contributed by atoms with van der Waals surface area (Å²) in [5, 5.41) is 3.92. The molecule has 0 aliphatic heterocycles. The normalized spacial score (nSPS) is 10.9. The molecule has 0 unspecified atom stereocenters. The highest BCUT2D eigenvalue weighted by Gasteiger charge is 2.10. The summed E-state index contributed by atoms with van der Waals surface area (Å²) < 4.78 is 5.16. The van der Waals surface area contributed by atoms with Crippen LogP contribution in [-0.2, 0) is 6.42 Å². The molecule has 0 atom stereocenters. The molecule has 5 heteroatoms. The minimum atomic E-state index is 0.445. The van der Waals surface area contributed by atoms with E-state index >= 15 is 0 Å². The second-order valence-electron chi connectivity index (χ2n) is 4.08. The Labute approximate surface area is 93.7 Å². The van der Waals surface area contributed by atoms with Gasteiger partial charge in [0.15, 0.2) is 5.82 Å². The number of aromatic nitrogens is 3. The molecule has 2 heterocycles. The molecule has 0 aromatic carbocycles. The first kappa shape index (κ1) is 10.6. The summed E-state index contributed by atoms with van der Waals surface area (Å²) in [4.78, 5) is 8.21. The zero-order valence-electron chi connectivity index (χ0n) is 9.34. The second-order valence-corrected chi connectivity index (χ2v) is 4.08. The smallest absolute Gasteiger partial charge is 0.258 e. The van der Waals surface area contributed by atoms with Crippen molar-refractivity contribution in [3.05, 3.63) is 24.2 Å². The Bertz CT molecular complexity index is 478. The van der Waals surface area contributed by atoms with Crippen LogP contribution >= 0.6 is 0 Å². The van der Waals surface area contributed by atoms with Crippen molar-refractivity contribution < 1.29 is 4.52 Å². The summed E-state index contributed by atoms with van der Waals surface area (Å²) in [7, 11) is 0. The molecule has 0 aliphatic rings. The molecular formula is C11H14N4O. The molecule has 2 rings (SSSR count). The van der Waals surface area contributed by atoms with Gasteiger partial charge in [-0.05, 0) is 18.1 Å². The zero-order chi connectivity index (χ0) is 11.5. The average molecular weight is 218 g/mol. The highest BCUT2D eigenvalue weighted by Crippen LogP contribution is 2.18. The first-order valence-corrected chi connectivity index (χ1v) is 5.19. The molecule has 2 aromatic rings. The third kappa shape index (κ3) is 2.36. The Morgan fingerprint density at radius 3 is 2.94 bits per heavy atom. The van der Waals surface area contributed by atoms with Crippen molar-refractivity contribution in [2.45, 2.75) is 20.3 Å². The van der Waals surface area contributed by atoms with E-state index in [2.05, 4.69) is 29.0 Å². The molecule has 0 fully saturated rings. The lowest BCUT2D eigenvalue weighted by atomic mass is 10.1. The van der Waals surface area contributed by atoms with E-state index in [1.165, 1.54) is 0 Å². The van der Waals surface area contributed by atoms with Crippen molar-refractivity contribution in [3.63, 3.8) is 0 Å². The molecular weight excluding hydrogens is 204 g/mol. The Balaban J connectivity index is 2.24. The number of hydrogen-bond acceptors (Lipinski definition) is 5. The first-order chi connectivity index (χ1) is 7.65. The van der Waals surface area contributed by atoms with Gasteiger partial charge in [0.25, 0.3) is 5.89 Å². The monoisotopic (exact) mass is 218 g/mol. The van der Waals surface area contributed by atoms with Gasteiger partial charge >= 0.3 is 0 Å². The van der Waals surface area contributed by atoms with Crippen molar-refractivity contribution in [1.29, 1.82) is 0 Å². The van der Waals surface area contributed by atoms with Gasteiger partial charge in [-0.2, -0.15) is 4.98 Å². The van der Waals surface area contributed by atoms with Crippen LogP contribution in [0, 0.1) is 5.92 Å². The number of rotatable bonds is 3. The third-order valence-electron chi connectivity index (χ3n) is 2.09. The molecule has 0 bridgehead atoms. The summed E-state index contributed by atoms with van der Waals surface area (Å²) in [6, 6.07) is 3.51. The molecule has 2 N–H and O–H groups in total. The Kier molecular flexibility index (Phi) is 2.85. The van der Waals surface area contributed by atoms with Crippen LogP contribution in [0.5, 0.6) is 0 Å². The van der Waals surface area contributed by atoms with E-state index in [9.17, 15) is 0 Å². The van der Waals surface area contributed by atoms with Crippen molar-refractivity contribution >= 4 is 5.82 Å². The number of hydrogen-bond donors (Lipinski definition) is 1. The lowest BCUT2D eigenvalue weighted by Gasteiger charge is -1.96. The van der Waals surface area contributed by atoms with Crippen LogP contribution in [0.1, 0.15) is 19.7 Å². The fourth-order valence-corrected chi connectivity index (χ4v) is 1.40. The Morgan fingerprint density at radius 2 is 2.25 bits per heavy atom. The van der Waals surface area contributed by atoms with Gasteiger partial charge in [-0.15, -0.1) is 0 Å². The van der Waals surface area contributed by atoms with Crippen LogP contribution in [-0.4, -0.2) is 15.1 Å². The molecule has 84 valence electrons. The van der Waals surface area contributed by atoms with Gasteiger partial charge in [0.1, 0.15) is 5.82 Å². The van der Waals surface area contributed by atoms with E-state index in [1.54, 1.807) is 18.3 Å². The van der Waals surface area contributed by atoms with Crippen molar-refractivity contribution in [2.75, 3.05) is 5.73 Å². The van der Waals surface area contributed by atoms with Crippen molar-refractivity contribution in [1.82, 2.24) is 15.1 Å². The summed E-state index contributed by atoms with van der Waals surface area (Å²) in [6.45, 7) is 4.22. The molecule has 16 heavy (non-hydrogen) atoms. The standard InChI is InChI=1S/C11H14N4O/c1-7(2)5-10-14-11(16-15-10)8-3-4-13-9(12)6-8/h3-4,6-7H,5H2,1-2H3,(H2,12,13). The Hall–Kier alpha value is -1.91. The summed E-state index contributed by atoms with van der Waals surface area (Å²) in [5.41, 5.74) is 6.38. The molecule has 0 saturated heterocycles. The van der Waals surface area contributed by atoms with E-state index in [4.69, 9.17) is 10.3 Å². The topological polar surface area (TPSA) is 77.8 Å². The summed E-state index contributed by atoms with van der Waals surface area (Å²) in [5.74, 6) is 2.17. The lowest BCUT2D eigenvalue weighted by molar-refractivity contribution is 0.418. The van der Waals surface area contributed by atoms with Crippen LogP contribution < -0.4 is 5.73 Å². The van der Waals surface area contributed by atoms with E-state index in [-0.39, 0.29) is 0 Å². The van der Waals surface area contributed by atoms with Gasteiger partial charge in [0.2, 0.25) is 0 Å². The highest BCUT2D eigenvalue weighted by molar-refractivity contribution is 5.56. The van der Waals surface area contributed by atoms with Gasteiger partial charge in [-0.3, -0.25) is 0 Å². The molecule has 0 aliphatic carbocycles. The van der Waals surface area contributed by atoms with Crippen LogP contribution in [0.15, 0.2) is 22.9 Å². The van der Waals surface area contributed by atoms with E-state index in [1.807, 2.05) is 0 Å². The van der Waals surface area contributed by atoms with Crippen LogP contribution in [0.3, 0.4) is 0 Å². The van der Waals surface area contributed by atoms with Gasteiger partial charge in [-0.1, -0.05) is 19.0 Å². The fourth-order valence-electron chi connectivity index (χ4n) is 1.40. The highest BCUT2D eigenvalue weighted by atomic mass is 16.5. The average Bonchev–Trinajstić information content (AvgIpc) is 2.65. The molecule has 0 saturated carbocycles. The number of nitrogen functional groups attached to an aromatic ring is 1. The minimum Gasteiger partial charge on any atom is -0.384 e. The van der Waals surface area contributed by atoms with Gasteiger partial charge in [-0.25, -0.2) is 4.98 Å². The van der Waals surface area contributed by atoms with E-state index < -0.39 is 0 Å². The van der Waals surface area contributed by atoms with E-state index in [0.29, 0.717) is 17.6 Å². The number of nitrogens with zero attached hydrogens (tertiary/aromatic N) is 3. The van der Waals surface area contributed by atoms with Gasteiger partial charge in [0.05, 0.1) is 0 Å². The van der Waals surface area contributed by atoms with Gasteiger partial charge in [0, 0.05) is 18.2 Å². The molecule has 0 spiro atoms. The van der Waals surface area contributed by atoms with Crippen LogP contribution in [0.2, 0.25) is 0 Å². The quantitative estimate of drug-likeness (QED) is 0.851. The zero-order valence-corrected chi connectivity index (χ0v) is 9.34. The molecule has 0 amide bonds.